The van der Waals surface area contributed by atoms with Crippen molar-refractivity contribution in [3.63, 3.8) is 0 Å². The van der Waals surface area contributed by atoms with E-state index in [1.54, 1.807) is 0 Å². The molecule has 4 heteroatoms. The third kappa shape index (κ3) is 6.06. The van der Waals surface area contributed by atoms with Gasteiger partial charge in [-0.05, 0) is 64.8 Å². The number of rotatable bonds is 11. The molecule has 0 aliphatic rings. The first-order valence-corrected chi connectivity index (χ1v) is 15.0. The van der Waals surface area contributed by atoms with E-state index in [4.69, 9.17) is 9.47 Å². The molecule has 4 aromatic carbocycles. The van der Waals surface area contributed by atoms with Gasteiger partial charge >= 0.3 is 0 Å². The van der Waals surface area contributed by atoms with Gasteiger partial charge in [0.15, 0.2) is 0 Å². The van der Waals surface area contributed by atoms with Gasteiger partial charge in [-0.1, -0.05) is 97.1 Å². The number of hydrogen-bond donors (Lipinski definition) is 0. The van der Waals surface area contributed by atoms with Gasteiger partial charge in [-0.3, -0.25) is 0 Å². The Labute approximate surface area is 206 Å². The average Bonchev–Trinajstić information content (AvgIpc) is 2.89. The van der Waals surface area contributed by atoms with E-state index in [0.29, 0.717) is 13.2 Å². The maximum atomic E-state index is 6.07. The molecule has 0 amide bonds. The Balaban J connectivity index is 1.72. The molecule has 2 atom stereocenters. The molecule has 34 heavy (non-hydrogen) atoms. The lowest BCUT2D eigenvalue weighted by molar-refractivity contribution is 0.343. The van der Waals surface area contributed by atoms with Gasteiger partial charge in [0.05, 0.1) is 13.2 Å². The summed E-state index contributed by atoms with van der Waals surface area (Å²) in [5.74, 6) is 2.03. The lowest BCUT2D eigenvalue weighted by Crippen LogP contribution is -2.22. The average molecular weight is 487 g/mol. The minimum atomic E-state index is -0.564. The maximum absolute atomic E-state index is 6.07. The van der Waals surface area contributed by atoms with Crippen LogP contribution in [0.3, 0.4) is 0 Å². The van der Waals surface area contributed by atoms with Crippen molar-refractivity contribution in [2.45, 2.75) is 13.8 Å². The number of ether oxygens (including phenoxy) is 2. The Kier molecular flexibility index (Phi) is 9.14. The predicted molar refractivity (Wildman–Crippen MR) is 150 cm³/mol. The van der Waals surface area contributed by atoms with E-state index in [-0.39, 0.29) is 0 Å². The van der Waals surface area contributed by atoms with E-state index in [2.05, 4.69) is 123 Å². The van der Waals surface area contributed by atoms with Crippen LogP contribution in [0.5, 0.6) is 11.5 Å². The Bertz CT molecular complexity index is 1060. The molecular formula is C30H32O2P2. The highest BCUT2D eigenvalue weighted by atomic mass is 31.1. The summed E-state index contributed by atoms with van der Waals surface area (Å²) in [4.78, 5) is 0. The summed E-state index contributed by atoms with van der Waals surface area (Å²) >= 11 is 0. The van der Waals surface area contributed by atoms with Crippen LogP contribution < -0.4 is 30.7 Å². The SMILES string of the molecule is CCOc1ccccc1P(CCP(c1ccccc1)c1ccccc1OCC)c1ccccc1. The molecule has 0 aliphatic carbocycles. The Morgan fingerprint density at radius 1 is 0.471 bits per heavy atom. The highest BCUT2D eigenvalue weighted by molar-refractivity contribution is 7.76. The van der Waals surface area contributed by atoms with E-state index in [1.165, 1.54) is 21.2 Å². The van der Waals surface area contributed by atoms with Gasteiger partial charge in [-0.25, -0.2) is 0 Å². The van der Waals surface area contributed by atoms with Gasteiger partial charge in [-0.2, -0.15) is 0 Å². The fourth-order valence-corrected chi connectivity index (χ4v) is 9.67. The molecule has 0 aliphatic heterocycles. The van der Waals surface area contributed by atoms with Crippen molar-refractivity contribution in [1.29, 1.82) is 0 Å². The fourth-order valence-electron chi connectivity index (χ4n) is 4.11. The lowest BCUT2D eigenvalue weighted by atomic mass is 10.3. The van der Waals surface area contributed by atoms with Gasteiger partial charge in [0, 0.05) is 10.6 Å². The Morgan fingerprint density at radius 3 is 1.21 bits per heavy atom. The van der Waals surface area contributed by atoms with Crippen molar-refractivity contribution >= 4 is 37.1 Å². The highest BCUT2D eigenvalue weighted by Crippen LogP contribution is 2.44. The fraction of sp³-hybridized carbons (Fsp3) is 0.200. The molecule has 0 fully saturated rings. The van der Waals surface area contributed by atoms with Crippen LogP contribution in [-0.2, 0) is 0 Å². The van der Waals surface area contributed by atoms with Crippen molar-refractivity contribution in [1.82, 2.24) is 0 Å². The summed E-state index contributed by atoms with van der Waals surface area (Å²) in [5, 5.41) is 5.44. The van der Waals surface area contributed by atoms with Crippen LogP contribution in [-0.4, -0.2) is 25.5 Å². The third-order valence-electron chi connectivity index (χ3n) is 5.59. The van der Waals surface area contributed by atoms with Crippen LogP contribution in [0, 0.1) is 0 Å². The molecule has 0 radical (unpaired) electrons. The minimum absolute atomic E-state index is 0.564. The summed E-state index contributed by atoms with van der Waals surface area (Å²) in [6.45, 7) is 5.46. The first-order chi connectivity index (χ1) is 16.8. The minimum Gasteiger partial charge on any atom is -0.493 e. The van der Waals surface area contributed by atoms with Gasteiger partial charge in [0.2, 0.25) is 0 Å². The zero-order chi connectivity index (χ0) is 23.6. The van der Waals surface area contributed by atoms with E-state index in [0.717, 1.165) is 23.8 Å². The second kappa shape index (κ2) is 12.7. The summed E-state index contributed by atoms with van der Waals surface area (Å²) in [7, 11) is -1.13. The zero-order valence-corrected chi connectivity index (χ0v) is 21.7. The smallest absolute Gasteiger partial charge is 0.127 e. The van der Waals surface area contributed by atoms with Crippen LogP contribution in [0.4, 0.5) is 0 Å². The maximum Gasteiger partial charge on any atom is 0.127 e. The molecule has 2 unspecified atom stereocenters. The van der Waals surface area contributed by atoms with E-state index in [1.807, 2.05) is 0 Å². The molecule has 2 nitrogen and oxygen atoms in total. The van der Waals surface area contributed by atoms with Gasteiger partial charge in [0.25, 0.3) is 0 Å². The van der Waals surface area contributed by atoms with Crippen molar-refractivity contribution < 1.29 is 9.47 Å². The molecular weight excluding hydrogens is 454 g/mol. The third-order valence-corrected chi connectivity index (χ3v) is 11.0. The van der Waals surface area contributed by atoms with E-state index >= 15 is 0 Å². The van der Waals surface area contributed by atoms with Gasteiger partial charge in [0.1, 0.15) is 11.5 Å². The molecule has 174 valence electrons. The number of benzene rings is 4. The van der Waals surface area contributed by atoms with E-state index in [9.17, 15) is 0 Å². The van der Waals surface area contributed by atoms with Crippen LogP contribution in [0.25, 0.3) is 0 Å². The topological polar surface area (TPSA) is 18.5 Å². The molecule has 4 aromatic rings. The first kappa shape index (κ1) is 24.5. The second-order valence-electron chi connectivity index (χ2n) is 7.78. The molecule has 0 saturated heterocycles. The number of hydrogen-bond acceptors (Lipinski definition) is 2. The first-order valence-electron chi connectivity index (χ1n) is 11.9. The van der Waals surface area contributed by atoms with Gasteiger partial charge < -0.3 is 9.47 Å². The van der Waals surface area contributed by atoms with Crippen LogP contribution >= 0.6 is 15.8 Å². The monoisotopic (exact) mass is 486 g/mol. The van der Waals surface area contributed by atoms with Crippen LogP contribution in [0.15, 0.2) is 109 Å². The standard InChI is InChI=1S/C30H32O2P2/c1-3-31-27-19-11-13-21-29(27)33(25-15-7-5-8-16-25)23-24-34(26-17-9-6-10-18-26)30-22-14-12-20-28(30)32-4-2/h5-22H,3-4,23-24H2,1-2H3. The summed E-state index contributed by atoms with van der Waals surface area (Å²) in [6.07, 6.45) is 2.18. The predicted octanol–water partition coefficient (Wildman–Crippen LogP) is 6.05. The zero-order valence-electron chi connectivity index (χ0n) is 19.9. The molecule has 0 aromatic heterocycles. The molecule has 0 saturated carbocycles. The van der Waals surface area contributed by atoms with Crippen molar-refractivity contribution in [3.8, 4) is 11.5 Å². The molecule has 0 bridgehead atoms. The van der Waals surface area contributed by atoms with Crippen molar-refractivity contribution in [2.24, 2.45) is 0 Å². The van der Waals surface area contributed by atoms with Crippen molar-refractivity contribution in [3.05, 3.63) is 109 Å². The van der Waals surface area contributed by atoms with Gasteiger partial charge in [-0.15, -0.1) is 0 Å². The van der Waals surface area contributed by atoms with Crippen LogP contribution in [0.2, 0.25) is 0 Å². The largest absolute Gasteiger partial charge is 0.493 e. The highest BCUT2D eigenvalue weighted by Gasteiger charge is 2.23. The molecule has 0 N–H and O–H groups in total. The molecule has 0 spiro atoms. The summed E-state index contributed by atoms with van der Waals surface area (Å²) < 4.78 is 12.1. The lowest BCUT2D eigenvalue weighted by Gasteiger charge is -2.26. The molecule has 4 rings (SSSR count). The number of para-hydroxylation sites is 2. The van der Waals surface area contributed by atoms with Crippen LogP contribution in [0.1, 0.15) is 13.8 Å². The normalized spacial score (nSPS) is 12.6. The molecule has 0 heterocycles. The summed E-state index contributed by atoms with van der Waals surface area (Å²) in [6, 6.07) is 39.0. The van der Waals surface area contributed by atoms with Crippen molar-refractivity contribution in [2.75, 3.05) is 25.5 Å². The Hall–Kier alpha value is -2.66. The Morgan fingerprint density at radius 2 is 0.824 bits per heavy atom. The quantitative estimate of drug-likeness (QED) is 0.240. The van der Waals surface area contributed by atoms with E-state index < -0.39 is 15.8 Å². The summed E-state index contributed by atoms with van der Waals surface area (Å²) in [5.41, 5.74) is 0. The second-order valence-corrected chi connectivity index (χ2v) is 12.4.